The number of rotatable bonds is 5. The zero-order chi connectivity index (χ0) is 13.0. The average Bonchev–Trinajstić information content (AvgIpc) is 2.78. The number of hydrogen-bond donors (Lipinski definition) is 1. The lowest BCUT2D eigenvalue weighted by molar-refractivity contribution is 0.521. The summed E-state index contributed by atoms with van der Waals surface area (Å²) in [7, 11) is 0. The summed E-state index contributed by atoms with van der Waals surface area (Å²) < 4.78 is 1.96. The van der Waals surface area contributed by atoms with Crippen LogP contribution in [0.25, 0.3) is 0 Å². The molecule has 2 heterocycles. The van der Waals surface area contributed by atoms with Crippen molar-refractivity contribution < 1.29 is 0 Å². The second-order valence-electron chi connectivity index (χ2n) is 4.87. The van der Waals surface area contributed by atoms with Crippen molar-refractivity contribution in [2.75, 3.05) is 0 Å². The number of hydrogen-bond acceptors (Lipinski definition) is 3. The maximum Gasteiger partial charge on any atom is 0.0640 e. The third kappa shape index (κ3) is 3.40. The van der Waals surface area contributed by atoms with E-state index < -0.39 is 0 Å². The molecule has 1 atom stereocenters. The van der Waals surface area contributed by atoms with Gasteiger partial charge in [0.05, 0.1) is 5.69 Å². The van der Waals surface area contributed by atoms with Crippen LogP contribution in [0.3, 0.4) is 0 Å². The maximum absolute atomic E-state index is 6.13. The van der Waals surface area contributed by atoms with Crippen LogP contribution in [0.4, 0.5) is 0 Å². The van der Waals surface area contributed by atoms with Gasteiger partial charge in [-0.2, -0.15) is 5.10 Å². The first-order chi connectivity index (χ1) is 8.65. The molecule has 2 aromatic rings. The molecule has 0 radical (unpaired) electrons. The van der Waals surface area contributed by atoms with E-state index in [1.54, 1.807) is 6.20 Å². The van der Waals surface area contributed by atoms with Gasteiger partial charge in [-0.15, -0.1) is 0 Å². The molecule has 2 aromatic heterocycles. The molecule has 2 rings (SSSR count). The minimum Gasteiger partial charge on any atom is -0.327 e. The summed E-state index contributed by atoms with van der Waals surface area (Å²) in [5, 5.41) is 4.51. The molecule has 4 nitrogen and oxygen atoms in total. The second-order valence-corrected chi connectivity index (χ2v) is 4.87. The van der Waals surface area contributed by atoms with Gasteiger partial charge < -0.3 is 5.73 Å². The van der Waals surface area contributed by atoms with E-state index in [9.17, 15) is 0 Å². The summed E-state index contributed by atoms with van der Waals surface area (Å²) in [6, 6.07) is 8.41. The van der Waals surface area contributed by atoms with Gasteiger partial charge in [-0.05, 0) is 32.0 Å². The summed E-state index contributed by atoms with van der Waals surface area (Å²) in [6.45, 7) is 4.23. The third-order valence-electron chi connectivity index (χ3n) is 2.86. The van der Waals surface area contributed by atoms with Crippen molar-refractivity contribution in [1.82, 2.24) is 14.8 Å². The summed E-state index contributed by atoms with van der Waals surface area (Å²) in [4.78, 5) is 4.29. The van der Waals surface area contributed by atoms with Crippen LogP contribution in [0.15, 0.2) is 36.7 Å². The van der Waals surface area contributed by atoms with Crippen molar-refractivity contribution in [2.45, 2.75) is 38.8 Å². The molecule has 18 heavy (non-hydrogen) atoms. The second kappa shape index (κ2) is 5.78. The summed E-state index contributed by atoms with van der Waals surface area (Å²) in [5.41, 5.74) is 8.22. The SMILES string of the molecule is CC(C)n1ccc(CC(N)Cc2ccccn2)n1. The van der Waals surface area contributed by atoms with Gasteiger partial charge in [-0.1, -0.05) is 6.07 Å². The van der Waals surface area contributed by atoms with Crippen LogP contribution in [-0.2, 0) is 12.8 Å². The normalized spacial score (nSPS) is 12.9. The Morgan fingerprint density at radius 3 is 2.56 bits per heavy atom. The van der Waals surface area contributed by atoms with E-state index in [2.05, 4.69) is 23.9 Å². The number of aromatic nitrogens is 3. The first-order valence-corrected chi connectivity index (χ1v) is 6.34. The van der Waals surface area contributed by atoms with Crippen LogP contribution in [0, 0.1) is 0 Å². The highest BCUT2D eigenvalue weighted by atomic mass is 15.3. The van der Waals surface area contributed by atoms with Crippen molar-refractivity contribution in [3.05, 3.63) is 48.0 Å². The highest BCUT2D eigenvalue weighted by molar-refractivity contribution is 5.08. The van der Waals surface area contributed by atoms with Gasteiger partial charge in [0, 0.05) is 43.0 Å². The lowest BCUT2D eigenvalue weighted by Crippen LogP contribution is -2.26. The van der Waals surface area contributed by atoms with E-state index in [1.165, 1.54) is 0 Å². The highest BCUT2D eigenvalue weighted by Gasteiger charge is 2.09. The highest BCUT2D eigenvalue weighted by Crippen LogP contribution is 2.07. The monoisotopic (exact) mass is 244 g/mol. The Morgan fingerprint density at radius 2 is 1.94 bits per heavy atom. The van der Waals surface area contributed by atoms with Crippen LogP contribution in [0.2, 0.25) is 0 Å². The smallest absolute Gasteiger partial charge is 0.0640 e. The minimum atomic E-state index is 0.0652. The van der Waals surface area contributed by atoms with E-state index >= 15 is 0 Å². The molecule has 0 spiro atoms. The molecular weight excluding hydrogens is 224 g/mol. The first-order valence-electron chi connectivity index (χ1n) is 6.34. The Labute approximate surface area is 108 Å². The molecule has 0 saturated carbocycles. The fourth-order valence-electron chi connectivity index (χ4n) is 1.90. The predicted octanol–water partition coefficient (Wildman–Crippen LogP) is 1.97. The molecule has 0 bridgehead atoms. The Morgan fingerprint density at radius 1 is 1.17 bits per heavy atom. The van der Waals surface area contributed by atoms with E-state index in [-0.39, 0.29) is 6.04 Å². The van der Waals surface area contributed by atoms with Gasteiger partial charge in [0.1, 0.15) is 0 Å². The van der Waals surface area contributed by atoms with E-state index in [1.807, 2.05) is 35.1 Å². The van der Waals surface area contributed by atoms with Crippen LogP contribution >= 0.6 is 0 Å². The summed E-state index contributed by atoms with van der Waals surface area (Å²) in [6.07, 6.45) is 5.38. The van der Waals surface area contributed by atoms with Gasteiger partial charge in [0.25, 0.3) is 0 Å². The van der Waals surface area contributed by atoms with Crippen molar-refractivity contribution >= 4 is 0 Å². The van der Waals surface area contributed by atoms with Gasteiger partial charge in [-0.3, -0.25) is 9.67 Å². The average molecular weight is 244 g/mol. The van der Waals surface area contributed by atoms with Gasteiger partial charge in [-0.25, -0.2) is 0 Å². The molecule has 0 saturated heterocycles. The quantitative estimate of drug-likeness (QED) is 0.875. The van der Waals surface area contributed by atoms with Crippen molar-refractivity contribution in [1.29, 1.82) is 0 Å². The van der Waals surface area contributed by atoms with Crippen molar-refractivity contribution in [2.24, 2.45) is 5.73 Å². The molecule has 2 N–H and O–H groups in total. The van der Waals surface area contributed by atoms with Gasteiger partial charge in [0.15, 0.2) is 0 Å². The number of nitrogens with zero attached hydrogens (tertiary/aromatic N) is 3. The zero-order valence-electron chi connectivity index (χ0n) is 11.0. The molecule has 4 heteroatoms. The van der Waals surface area contributed by atoms with Crippen molar-refractivity contribution in [3.63, 3.8) is 0 Å². The lowest BCUT2D eigenvalue weighted by atomic mass is 10.1. The van der Waals surface area contributed by atoms with Crippen molar-refractivity contribution in [3.8, 4) is 0 Å². The Balaban J connectivity index is 1.92. The molecule has 0 aromatic carbocycles. The van der Waals surface area contributed by atoms with Crippen LogP contribution in [0.1, 0.15) is 31.3 Å². The van der Waals surface area contributed by atoms with E-state index in [0.717, 1.165) is 24.2 Å². The Bertz CT molecular complexity index is 476. The molecule has 0 fully saturated rings. The molecule has 0 aliphatic rings. The third-order valence-corrected chi connectivity index (χ3v) is 2.86. The molecule has 0 aliphatic carbocycles. The largest absolute Gasteiger partial charge is 0.327 e. The topological polar surface area (TPSA) is 56.7 Å². The molecule has 96 valence electrons. The predicted molar refractivity (Wildman–Crippen MR) is 72.2 cm³/mol. The van der Waals surface area contributed by atoms with E-state index in [0.29, 0.717) is 6.04 Å². The lowest BCUT2D eigenvalue weighted by Gasteiger charge is -2.09. The fourth-order valence-corrected chi connectivity index (χ4v) is 1.90. The fraction of sp³-hybridized carbons (Fsp3) is 0.429. The van der Waals surface area contributed by atoms with Gasteiger partial charge in [0.2, 0.25) is 0 Å². The molecule has 1 unspecified atom stereocenters. The van der Waals surface area contributed by atoms with E-state index in [4.69, 9.17) is 5.73 Å². The summed E-state index contributed by atoms with van der Waals surface area (Å²) >= 11 is 0. The van der Waals surface area contributed by atoms with Crippen LogP contribution in [-0.4, -0.2) is 20.8 Å². The number of pyridine rings is 1. The zero-order valence-corrected chi connectivity index (χ0v) is 11.0. The standard InChI is InChI=1S/C14H20N4/c1-11(2)18-8-6-14(17-18)10-12(15)9-13-5-3-4-7-16-13/h3-8,11-12H,9-10,15H2,1-2H3. The molecule has 0 aliphatic heterocycles. The Hall–Kier alpha value is -1.68. The molecule has 0 amide bonds. The first kappa shape index (κ1) is 12.8. The maximum atomic E-state index is 6.13. The number of nitrogens with two attached hydrogens (primary N) is 1. The van der Waals surface area contributed by atoms with Crippen LogP contribution < -0.4 is 5.73 Å². The Kier molecular flexibility index (Phi) is 4.10. The van der Waals surface area contributed by atoms with Crippen LogP contribution in [0.5, 0.6) is 0 Å². The van der Waals surface area contributed by atoms with Gasteiger partial charge >= 0.3 is 0 Å². The summed E-state index contributed by atoms with van der Waals surface area (Å²) in [5.74, 6) is 0. The molecular formula is C14H20N4. The minimum absolute atomic E-state index is 0.0652.